The zero-order valence-electron chi connectivity index (χ0n) is 10.7. The Kier molecular flexibility index (Phi) is 3.84. The summed E-state index contributed by atoms with van der Waals surface area (Å²) in [5, 5.41) is 8.97. The Labute approximate surface area is 111 Å². The van der Waals surface area contributed by atoms with Crippen LogP contribution in [0.15, 0.2) is 42.5 Å². The molecule has 2 aromatic carbocycles. The highest BCUT2D eigenvalue weighted by Crippen LogP contribution is 2.35. The summed E-state index contributed by atoms with van der Waals surface area (Å²) in [6, 6.07) is 12.1. The van der Waals surface area contributed by atoms with Gasteiger partial charge in [-0.15, -0.1) is 0 Å². The third kappa shape index (κ3) is 2.93. The highest BCUT2D eigenvalue weighted by atomic mass is 16.5. The lowest BCUT2D eigenvalue weighted by Gasteiger charge is -2.05. The van der Waals surface area contributed by atoms with Crippen LogP contribution in [0.2, 0.25) is 0 Å². The largest absolute Gasteiger partial charge is 0.497 e. The third-order valence-corrected chi connectivity index (χ3v) is 2.56. The molecule has 0 N–H and O–H groups in total. The van der Waals surface area contributed by atoms with Crippen molar-refractivity contribution >= 4 is 5.69 Å². The van der Waals surface area contributed by atoms with E-state index in [9.17, 15) is 0 Å². The van der Waals surface area contributed by atoms with Crippen molar-refractivity contribution in [2.45, 2.75) is 0 Å². The lowest BCUT2D eigenvalue weighted by Crippen LogP contribution is -1.87. The van der Waals surface area contributed by atoms with Crippen molar-refractivity contribution in [1.29, 1.82) is 5.39 Å². The quantitative estimate of drug-likeness (QED) is 0.777. The molecule has 0 aromatic heterocycles. The minimum atomic E-state index is 0.301. The Morgan fingerprint density at radius 1 is 0.842 bits per heavy atom. The van der Waals surface area contributed by atoms with Crippen LogP contribution in [0.3, 0.4) is 0 Å². The van der Waals surface area contributed by atoms with Crippen LogP contribution >= 0.6 is 0 Å². The van der Waals surface area contributed by atoms with E-state index in [0.717, 1.165) is 5.75 Å². The predicted octanol–water partition coefficient (Wildman–Crippen LogP) is 3.98. The lowest BCUT2D eigenvalue weighted by atomic mass is 10.2. The van der Waals surface area contributed by atoms with Gasteiger partial charge in [-0.2, -0.15) is 0 Å². The third-order valence-electron chi connectivity index (χ3n) is 2.56. The normalized spacial score (nSPS) is 9.53. The van der Waals surface area contributed by atoms with Crippen molar-refractivity contribution in [3.63, 3.8) is 0 Å². The first-order valence-electron chi connectivity index (χ1n) is 5.62. The van der Waals surface area contributed by atoms with Gasteiger partial charge in [0.1, 0.15) is 17.2 Å². The Morgan fingerprint density at radius 3 is 2.00 bits per heavy atom. The average molecular weight is 257 g/mol. The van der Waals surface area contributed by atoms with Crippen LogP contribution in [0.25, 0.3) is 4.98 Å². The fourth-order valence-electron chi connectivity index (χ4n) is 1.56. The van der Waals surface area contributed by atoms with E-state index in [4.69, 9.17) is 19.6 Å². The number of methoxy groups -OCH3 is 2. The van der Waals surface area contributed by atoms with Crippen LogP contribution in [-0.2, 0) is 0 Å². The van der Waals surface area contributed by atoms with Crippen LogP contribution in [0, 0.1) is 5.39 Å². The van der Waals surface area contributed by atoms with Crippen molar-refractivity contribution in [2.24, 2.45) is 0 Å². The standard InChI is InChI=1S/C14H13N2O3/c1-17-10-3-5-11(6-4-10)19-14-8-7-12(18-2)9-13(14)16-15/h3-9H,1-2H3/q+1. The molecule has 0 spiro atoms. The second-order valence-corrected chi connectivity index (χ2v) is 3.71. The van der Waals surface area contributed by atoms with Gasteiger partial charge in [-0.25, -0.2) is 0 Å². The topological polar surface area (TPSA) is 55.8 Å². The monoisotopic (exact) mass is 257 g/mol. The van der Waals surface area contributed by atoms with Gasteiger partial charge in [-0.1, -0.05) is 0 Å². The minimum absolute atomic E-state index is 0.301. The molecule has 0 saturated carbocycles. The first-order valence-corrected chi connectivity index (χ1v) is 5.62. The fourth-order valence-corrected chi connectivity index (χ4v) is 1.56. The fraction of sp³-hybridized carbons (Fsp3) is 0.143. The maximum atomic E-state index is 8.97. The predicted molar refractivity (Wildman–Crippen MR) is 70.8 cm³/mol. The molecule has 5 heteroatoms. The molecule has 2 aromatic rings. The van der Waals surface area contributed by atoms with Gasteiger partial charge >= 0.3 is 5.69 Å². The average Bonchev–Trinajstić information content (AvgIpc) is 2.48. The summed E-state index contributed by atoms with van der Waals surface area (Å²) >= 11 is 0. The number of diazo groups is 1. The number of hydrogen-bond donors (Lipinski definition) is 0. The Morgan fingerprint density at radius 2 is 1.42 bits per heavy atom. The van der Waals surface area contributed by atoms with Gasteiger partial charge < -0.3 is 14.2 Å². The summed E-state index contributed by atoms with van der Waals surface area (Å²) in [4.78, 5) is 3.18. The highest BCUT2D eigenvalue weighted by molar-refractivity contribution is 5.61. The van der Waals surface area contributed by atoms with E-state index >= 15 is 0 Å². The summed E-state index contributed by atoms with van der Waals surface area (Å²) in [6.45, 7) is 0. The van der Waals surface area contributed by atoms with E-state index in [1.54, 1.807) is 56.7 Å². The molecule has 0 heterocycles. The molecule has 0 aliphatic rings. The van der Waals surface area contributed by atoms with Gasteiger partial charge in [0.05, 0.1) is 20.3 Å². The molecule has 2 rings (SSSR count). The van der Waals surface area contributed by atoms with Crippen LogP contribution in [0.4, 0.5) is 5.69 Å². The minimum Gasteiger partial charge on any atom is -0.497 e. The van der Waals surface area contributed by atoms with Crippen LogP contribution in [-0.4, -0.2) is 14.2 Å². The molecule has 5 nitrogen and oxygen atoms in total. The number of ether oxygens (including phenoxy) is 3. The Hall–Kier alpha value is -2.74. The molecule has 0 saturated heterocycles. The molecule has 0 bridgehead atoms. The molecule has 0 atom stereocenters. The molecule has 96 valence electrons. The SMILES string of the molecule is COc1ccc(Oc2ccc(OC)cc2[N+]#N)cc1. The first kappa shape index (κ1) is 12.7. The maximum Gasteiger partial charge on any atom is 0.430 e. The van der Waals surface area contributed by atoms with E-state index in [1.165, 1.54) is 0 Å². The van der Waals surface area contributed by atoms with Gasteiger partial charge in [-0.05, 0) is 36.4 Å². The highest BCUT2D eigenvalue weighted by Gasteiger charge is 2.17. The van der Waals surface area contributed by atoms with Crippen molar-refractivity contribution < 1.29 is 14.2 Å². The van der Waals surface area contributed by atoms with Crippen molar-refractivity contribution in [3.8, 4) is 23.0 Å². The van der Waals surface area contributed by atoms with Crippen molar-refractivity contribution in [2.75, 3.05) is 14.2 Å². The van der Waals surface area contributed by atoms with E-state index in [-0.39, 0.29) is 0 Å². The summed E-state index contributed by atoms with van der Waals surface area (Å²) in [7, 11) is 3.14. The second-order valence-electron chi connectivity index (χ2n) is 3.71. The molecule has 0 aliphatic carbocycles. The molecular weight excluding hydrogens is 244 g/mol. The van der Waals surface area contributed by atoms with Gasteiger partial charge in [0.25, 0.3) is 0 Å². The Bertz CT molecular complexity index is 603. The number of hydrogen-bond acceptors (Lipinski definition) is 4. The van der Waals surface area contributed by atoms with Crippen LogP contribution < -0.4 is 14.2 Å². The molecule has 0 aliphatic heterocycles. The van der Waals surface area contributed by atoms with Gasteiger partial charge in [0.15, 0.2) is 4.98 Å². The molecule has 0 radical (unpaired) electrons. The van der Waals surface area contributed by atoms with Crippen LogP contribution in [0.5, 0.6) is 23.0 Å². The maximum absolute atomic E-state index is 8.97. The number of nitrogens with zero attached hydrogens (tertiary/aromatic N) is 2. The lowest BCUT2D eigenvalue weighted by molar-refractivity contribution is 0.411. The van der Waals surface area contributed by atoms with Gasteiger partial charge in [-0.3, -0.25) is 0 Å². The summed E-state index contributed by atoms with van der Waals surface area (Å²) in [5.41, 5.74) is 0.301. The molecular formula is C14H13N2O3+. The first-order chi connectivity index (χ1) is 9.26. The van der Waals surface area contributed by atoms with Crippen molar-refractivity contribution in [1.82, 2.24) is 0 Å². The summed E-state index contributed by atoms with van der Waals surface area (Å²) in [5.74, 6) is 2.40. The molecule has 0 fully saturated rings. The number of rotatable bonds is 4. The summed E-state index contributed by atoms with van der Waals surface area (Å²) < 4.78 is 15.7. The zero-order valence-corrected chi connectivity index (χ0v) is 10.7. The van der Waals surface area contributed by atoms with E-state index in [1.807, 2.05) is 0 Å². The van der Waals surface area contributed by atoms with E-state index < -0.39 is 0 Å². The van der Waals surface area contributed by atoms with Gasteiger partial charge in [0, 0.05) is 0 Å². The smallest absolute Gasteiger partial charge is 0.430 e. The van der Waals surface area contributed by atoms with E-state index in [2.05, 4.69) is 4.98 Å². The van der Waals surface area contributed by atoms with Crippen LogP contribution in [0.1, 0.15) is 0 Å². The van der Waals surface area contributed by atoms with Gasteiger partial charge in [0.2, 0.25) is 11.1 Å². The molecule has 0 unspecified atom stereocenters. The molecule has 19 heavy (non-hydrogen) atoms. The number of benzene rings is 2. The molecule has 0 amide bonds. The van der Waals surface area contributed by atoms with E-state index in [0.29, 0.717) is 22.9 Å². The second kappa shape index (κ2) is 5.74. The van der Waals surface area contributed by atoms with Crippen molar-refractivity contribution in [3.05, 3.63) is 47.4 Å². The summed E-state index contributed by atoms with van der Waals surface area (Å²) in [6.07, 6.45) is 0. The zero-order chi connectivity index (χ0) is 13.7. The Balaban J connectivity index is 2.25.